The Bertz CT molecular complexity index is 1260. The molecule has 0 aliphatic carbocycles. The third kappa shape index (κ3) is 51.1. The van der Waals surface area contributed by atoms with E-state index < -0.39 is 6.10 Å². The maximum Gasteiger partial charge on any atom is 0.306 e. The zero-order valence-corrected chi connectivity index (χ0v) is 40.8. The summed E-state index contributed by atoms with van der Waals surface area (Å²) < 4.78 is 10.7. The van der Waals surface area contributed by atoms with E-state index in [-0.39, 0.29) is 25.2 Å². The fraction of sp³-hybridized carbons (Fsp3) is 0.655. The van der Waals surface area contributed by atoms with Crippen molar-refractivity contribution < 1.29 is 24.2 Å². The van der Waals surface area contributed by atoms with Gasteiger partial charge in [-0.15, -0.1) is 0 Å². The van der Waals surface area contributed by atoms with Crippen LogP contribution in [0, 0.1) is 0 Å². The highest BCUT2D eigenvalue weighted by Crippen LogP contribution is 2.13. The summed E-state index contributed by atoms with van der Waals surface area (Å²) in [5.41, 5.74) is 0. The lowest BCUT2D eigenvalue weighted by Crippen LogP contribution is -2.28. The molecule has 5 nitrogen and oxygen atoms in total. The lowest BCUT2D eigenvalue weighted by atomic mass is 10.1. The molecule has 0 aromatic heterocycles. The first-order valence-electron chi connectivity index (χ1n) is 25.9. The van der Waals surface area contributed by atoms with Gasteiger partial charge in [0, 0.05) is 12.8 Å². The predicted octanol–water partition coefficient (Wildman–Crippen LogP) is 17.4. The molecule has 0 spiro atoms. The van der Waals surface area contributed by atoms with Crippen molar-refractivity contribution in [1.29, 1.82) is 0 Å². The topological polar surface area (TPSA) is 72.8 Å². The van der Waals surface area contributed by atoms with Gasteiger partial charge in [-0.1, -0.05) is 220 Å². The third-order valence-corrected chi connectivity index (χ3v) is 10.8. The summed E-state index contributed by atoms with van der Waals surface area (Å²) in [6.45, 7) is 4.01. The second-order valence-electron chi connectivity index (χ2n) is 16.9. The summed E-state index contributed by atoms with van der Waals surface area (Å²) in [5.74, 6) is -0.617. The highest BCUT2D eigenvalue weighted by molar-refractivity contribution is 5.70. The second kappa shape index (κ2) is 52.9. The first kappa shape index (κ1) is 59.6. The first-order chi connectivity index (χ1) is 31.1. The molecule has 63 heavy (non-hydrogen) atoms. The Kier molecular flexibility index (Phi) is 50.0. The molecule has 1 N–H and O–H groups in total. The van der Waals surface area contributed by atoms with E-state index in [4.69, 9.17) is 9.47 Å². The molecule has 0 rings (SSSR count). The van der Waals surface area contributed by atoms with Gasteiger partial charge in [-0.25, -0.2) is 0 Å². The van der Waals surface area contributed by atoms with E-state index in [0.717, 1.165) is 96.3 Å². The quantitative estimate of drug-likeness (QED) is 0.0375. The van der Waals surface area contributed by atoms with Crippen molar-refractivity contribution in [3.8, 4) is 0 Å². The van der Waals surface area contributed by atoms with Gasteiger partial charge < -0.3 is 14.6 Å². The molecule has 0 heterocycles. The lowest BCUT2D eigenvalue weighted by Gasteiger charge is -2.15. The van der Waals surface area contributed by atoms with Crippen LogP contribution in [0.3, 0.4) is 0 Å². The lowest BCUT2D eigenvalue weighted by molar-refractivity contribution is -0.161. The highest BCUT2D eigenvalue weighted by Gasteiger charge is 2.16. The monoisotopic (exact) mass is 873 g/mol. The van der Waals surface area contributed by atoms with Crippen LogP contribution in [0.1, 0.15) is 226 Å². The molecule has 358 valence electrons. The van der Waals surface area contributed by atoms with Crippen LogP contribution in [0.25, 0.3) is 0 Å². The van der Waals surface area contributed by atoms with Crippen molar-refractivity contribution in [3.63, 3.8) is 0 Å². The van der Waals surface area contributed by atoms with E-state index in [1.807, 2.05) is 0 Å². The van der Waals surface area contributed by atoms with Gasteiger partial charge >= 0.3 is 11.9 Å². The minimum Gasteiger partial charge on any atom is -0.462 e. The van der Waals surface area contributed by atoms with Gasteiger partial charge in [0.15, 0.2) is 6.10 Å². The molecule has 0 saturated carbocycles. The fourth-order valence-corrected chi connectivity index (χ4v) is 6.92. The second-order valence-corrected chi connectivity index (χ2v) is 16.9. The molecule has 0 fully saturated rings. The normalized spacial score (nSPS) is 13.1. The van der Waals surface area contributed by atoms with Crippen LogP contribution in [-0.2, 0) is 19.1 Å². The van der Waals surface area contributed by atoms with Crippen LogP contribution in [0.4, 0.5) is 0 Å². The summed E-state index contributed by atoms with van der Waals surface area (Å²) >= 11 is 0. The molecule has 1 unspecified atom stereocenters. The van der Waals surface area contributed by atoms with E-state index in [2.05, 4.69) is 123 Å². The Morgan fingerprint density at radius 2 is 0.683 bits per heavy atom. The van der Waals surface area contributed by atoms with Crippen LogP contribution in [0.2, 0.25) is 0 Å². The van der Waals surface area contributed by atoms with E-state index in [0.29, 0.717) is 12.8 Å². The van der Waals surface area contributed by atoms with Gasteiger partial charge in [0.2, 0.25) is 0 Å². The number of aliphatic hydroxyl groups excluding tert-OH is 1. The number of hydrogen-bond acceptors (Lipinski definition) is 5. The average molecular weight is 873 g/mol. The van der Waals surface area contributed by atoms with Crippen molar-refractivity contribution in [3.05, 3.63) is 109 Å². The standard InChI is InChI=1S/C58H96O5/c1-3-5-7-9-11-13-15-17-19-21-23-24-25-26-27-28-29-30-31-32-33-34-35-37-39-41-43-45-47-49-51-53-58(61)63-56(54-59)55-62-57(60)52-50-48-46-44-42-40-38-36-22-20-18-16-14-12-10-8-6-4-2/h5,7,11,13,17,19-20,22-24,26-27,29-30,32-33,35,37,56,59H,3-4,6,8-10,12,14-16,18,21,25,28,31,34,36,38-55H2,1-2H3/b7-5-,13-11-,19-17-,22-20-,24-23-,27-26-,30-29-,33-32-,37-35-. The van der Waals surface area contributed by atoms with E-state index in [1.165, 1.54) is 103 Å². The fourth-order valence-electron chi connectivity index (χ4n) is 6.92. The molecule has 0 saturated heterocycles. The number of carbonyl (C=O) groups is 2. The Morgan fingerprint density at radius 3 is 1.05 bits per heavy atom. The largest absolute Gasteiger partial charge is 0.462 e. The minimum atomic E-state index is -0.789. The highest BCUT2D eigenvalue weighted by atomic mass is 16.6. The predicted molar refractivity (Wildman–Crippen MR) is 274 cm³/mol. The van der Waals surface area contributed by atoms with E-state index in [9.17, 15) is 14.7 Å². The molecular weight excluding hydrogens is 777 g/mol. The molecule has 0 aliphatic rings. The number of allylic oxidation sites excluding steroid dienone is 18. The smallest absolute Gasteiger partial charge is 0.306 e. The van der Waals surface area contributed by atoms with E-state index in [1.54, 1.807) is 0 Å². The number of ether oxygens (including phenoxy) is 2. The molecule has 5 heteroatoms. The number of aliphatic hydroxyl groups is 1. The van der Waals surface area contributed by atoms with Gasteiger partial charge in [-0.3, -0.25) is 9.59 Å². The Morgan fingerprint density at radius 1 is 0.381 bits per heavy atom. The Labute approximate surface area is 389 Å². The Hall–Kier alpha value is -3.44. The first-order valence-corrected chi connectivity index (χ1v) is 25.9. The number of rotatable bonds is 46. The summed E-state index contributed by atoms with van der Waals surface area (Å²) in [6.07, 6.45) is 76.0. The van der Waals surface area contributed by atoms with Gasteiger partial charge in [-0.05, 0) is 103 Å². The third-order valence-electron chi connectivity index (χ3n) is 10.8. The summed E-state index contributed by atoms with van der Waals surface area (Å²) in [4.78, 5) is 24.4. The zero-order chi connectivity index (χ0) is 45.6. The van der Waals surface area contributed by atoms with Gasteiger partial charge in [0.25, 0.3) is 0 Å². The number of hydrogen-bond donors (Lipinski definition) is 1. The maximum absolute atomic E-state index is 12.3. The molecule has 0 aliphatic heterocycles. The van der Waals surface area contributed by atoms with Crippen molar-refractivity contribution in [2.75, 3.05) is 13.2 Å². The molecule has 0 radical (unpaired) electrons. The summed E-state index contributed by atoms with van der Waals surface area (Å²) in [7, 11) is 0. The molecule has 0 amide bonds. The Balaban J connectivity index is 3.62. The van der Waals surface area contributed by atoms with E-state index >= 15 is 0 Å². The van der Waals surface area contributed by atoms with Crippen LogP contribution in [-0.4, -0.2) is 36.4 Å². The van der Waals surface area contributed by atoms with Crippen LogP contribution in [0.15, 0.2) is 109 Å². The van der Waals surface area contributed by atoms with Crippen LogP contribution in [0.5, 0.6) is 0 Å². The minimum absolute atomic E-state index is 0.0797. The van der Waals surface area contributed by atoms with Crippen LogP contribution < -0.4 is 0 Å². The number of esters is 2. The molecular formula is C58H96O5. The molecule has 1 atom stereocenters. The zero-order valence-electron chi connectivity index (χ0n) is 40.8. The molecule has 0 aromatic rings. The average Bonchev–Trinajstić information content (AvgIpc) is 3.29. The number of carbonyl (C=O) groups excluding carboxylic acids is 2. The summed E-state index contributed by atoms with van der Waals surface area (Å²) in [5, 5.41) is 9.63. The maximum atomic E-state index is 12.3. The SMILES string of the molecule is CC/C=C\C/C=C\C/C=C\C/C=C\C/C=C\C/C=C\C/C=C\C/C=C\CCCCCCCCC(=O)OC(CO)COC(=O)CCCCCCCCC/C=C\CCCCCCCCC. The molecule has 0 bridgehead atoms. The van der Waals surface area contributed by atoms with Crippen molar-refractivity contribution >= 4 is 11.9 Å². The van der Waals surface area contributed by atoms with Crippen molar-refractivity contribution in [2.24, 2.45) is 0 Å². The van der Waals surface area contributed by atoms with Crippen LogP contribution >= 0.6 is 0 Å². The van der Waals surface area contributed by atoms with Crippen molar-refractivity contribution in [1.82, 2.24) is 0 Å². The van der Waals surface area contributed by atoms with Crippen molar-refractivity contribution in [2.45, 2.75) is 232 Å². The molecule has 0 aromatic carbocycles. The summed E-state index contributed by atoms with van der Waals surface area (Å²) in [6, 6.07) is 0. The van der Waals surface area contributed by atoms with Gasteiger partial charge in [0.1, 0.15) is 6.61 Å². The number of unbranched alkanes of at least 4 members (excludes halogenated alkanes) is 20. The van der Waals surface area contributed by atoms with Gasteiger partial charge in [-0.2, -0.15) is 0 Å². The van der Waals surface area contributed by atoms with Gasteiger partial charge in [0.05, 0.1) is 6.61 Å².